The monoisotopic (exact) mass is 538 g/mol. The maximum absolute atomic E-state index is 13.0. The van der Waals surface area contributed by atoms with Crippen LogP contribution in [-0.2, 0) is 11.4 Å². The van der Waals surface area contributed by atoms with E-state index < -0.39 is 11.8 Å². The molecule has 0 aliphatic carbocycles. The molecule has 9 heteroatoms. The van der Waals surface area contributed by atoms with E-state index in [4.69, 9.17) is 33.3 Å². The molecule has 0 radical (unpaired) electrons. The third-order valence-electron chi connectivity index (χ3n) is 5.19. The molecular weight excluding hydrogens is 516 g/mol. The van der Waals surface area contributed by atoms with Gasteiger partial charge < -0.3 is 9.47 Å². The van der Waals surface area contributed by atoms with Crippen molar-refractivity contribution < 1.29 is 19.1 Å². The van der Waals surface area contributed by atoms with E-state index in [0.29, 0.717) is 40.2 Å². The normalized spacial score (nSPS) is 14.3. The summed E-state index contributed by atoms with van der Waals surface area (Å²) < 4.78 is 12.0. The number of halogens is 1. The fraction of sp³-hybridized carbons (Fsp3) is 0.148. The molecule has 2 amide bonds. The summed E-state index contributed by atoms with van der Waals surface area (Å²) >= 11 is 12.3. The van der Waals surface area contributed by atoms with Crippen LogP contribution in [0.3, 0.4) is 0 Å². The third kappa shape index (κ3) is 6.26. The molecule has 1 N–H and O–H groups in total. The second-order valence-corrected chi connectivity index (χ2v) is 9.99. The molecule has 0 unspecified atom stereocenters. The maximum Gasteiger partial charge on any atom is 0.285 e. The Morgan fingerprint density at radius 1 is 1.06 bits per heavy atom. The van der Waals surface area contributed by atoms with Crippen LogP contribution in [0.1, 0.15) is 34.0 Å². The zero-order valence-electron chi connectivity index (χ0n) is 19.6. The molecule has 1 aliphatic rings. The number of ether oxygens (including phenoxy) is 2. The van der Waals surface area contributed by atoms with Gasteiger partial charge in [0.2, 0.25) is 0 Å². The molecule has 3 aromatic carbocycles. The van der Waals surface area contributed by atoms with Crippen LogP contribution in [0.4, 0.5) is 0 Å². The van der Waals surface area contributed by atoms with Gasteiger partial charge in [0.05, 0.1) is 11.5 Å². The Bertz CT molecular complexity index is 1320. The number of hydrogen-bond donors (Lipinski definition) is 1. The minimum absolute atomic E-state index is 0.233. The van der Waals surface area contributed by atoms with Gasteiger partial charge in [-0.2, -0.15) is 5.01 Å². The SMILES string of the molecule is CCOc1cc(/C=C2\SC(=S)N(NC(=O)c3ccc(Cl)cc3)C2=O)ccc1OCc1ccc(C)cc1. The summed E-state index contributed by atoms with van der Waals surface area (Å²) in [7, 11) is 0. The van der Waals surface area contributed by atoms with Gasteiger partial charge >= 0.3 is 0 Å². The first kappa shape index (κ1) is 25.8. The average Bonchev–Trinajstić information content (AvgIpc) is 3.12. The fourth-order valence-electron chi connectivity index (χ4n) is 3.33. The molecule has 36 heavy (non-hydrogen) atoms. The van der Waals surface area contributed by atoms with Crippen molar-refractivity contribution in [2.75, 3.05) is 6.61 Å². The van der Waals surface area contributed by atoms with E-state index >= 15 is 0 Å². The lowest BCUT2D eigenvalue weighted by Crippen LogP contribution is -2.44. The zero-order chi connectivity index (χ0) is 25.7. The van der Waals surface area contributed by atoms with Crippen molar-refractivity contribution in [2.24, 2.45) is 0 Å². The number of nitrogens with zero attached hydrogens (tertiary/aromatic N) is 1. The number of rotatable bonds is 8. The lowest BCUT2D eigenvalue weighted by atomic mass is 10.1. The van der Waals surface area contributed by atoms with Crippen molar-refractivity contribution in [1.29, 1.82) is 0 Å². The van der Waals surface area contributed by atoms with E-state index in [9.17, 15) is 9.59 Å². The van der Waals surface area contributed by atoms with Crippen molar-refractivity contribution in [3.63, 3.8) is 0 Å². The summed E-state index contributed by atoms with van der Waals surface area (Å²) in [5.41, 5.74) is 5.90. The molecule has 0 saturated carbocycles. The molecule has 1 aliphatic heterocycles. The summed E-state index contributed by atoms with van der Waals surface area (Å²) in [6.07, 6.45) is 1.71. The highest BCUT2D eigenvalue weighted by atomic mass is 35.5. The molecule has 0 atom stereocenters. The minimum Gasteiger partial charge on any atom is -0.490 e. The van der Waals surface area contributed by atoms with Crippen LogP contribution in [0.15, 0.2) is 71.6 Å². The molecular formula is C27H23ClN2O4S2. The highest BCUT2D eigenvalue weighted by molar-refractivity contribution is 8.26. The van der Waals surface area contributed by atoms with E-state index in [0.717, 1.165) is 27.9 Å². The van der Waals surface area contributed by atoms with E-state index in [1.54, 1.807) is 30.3 Å². The lowest BCUT2D eigenvalue weighted by Gasteiger charge is -2.15. The Labute approximate surface area is 224 Å². The summed E-state index contributed by atoms with van der Waals surface area (Å²) in [5.74, 6) is 0.310. The van der Waals surface area contributed by atoms with Gasteiger partial charge in [-0.05, 0) is 79.7 Å². The summed E-state index contributed by atoms with van der Waals surface area (Å²) in [6, 6.07) is 19.9. The van der Waals surface area contributed by atoms with Gasteiger partial charge in [0, 0.05) is 10.6 Å². The minimum atomic E-state index is -0.460. The van der Waals surface area contributed by atoms with Crippen LogP contribution < -0.4 is 14.9 Å². The molecule has 184 valence electrons. The molecule has 0 spiro atoms. The van der Waals surface area contributed by atoms with Crippen LogP contribution in [-0.4, -0.2) is 27.8 Å². The smallest absolute Gasteiger partial charge is 0.285 e. The van der Waals surface area contributed by atoms with E-state index in [1.807, 2.05) is 56.3 Å². The van der Waals surface area contributed by atoms with E-state index in [1.165, 1.54) is 5.56 Å². The quantitative estimate of drug-likeness (QED) is 0.273. The van der Waals surface area contributed by atoms with Gasteiger partial charge in [-0.1, -0.05) is 59.3 Å². The molecule has 1 heterocycles. The molecule has 3 aromatic rings. The first-order chi connectivity index (χ1) is 17.3. The Morgan fingerprint density at radius 3 is 2.47 bits per heavy atom. The number of nitrogens with one attached hydrogen (secondary N) is 1. The predicted molar refractivity (Wildman–Crippen MR) is 147 cm³/mol. The number of thioether (sulfide) groups is 1. The number of amides is 2. The van der Waals surface area contributed by atoms with Crippen LogP contribution >= 0.6 is 35.6 Å². The summed E-state index contributed by atoms with van der Waals surface area (Å²) in [4.78, 5) is 25.9. The van der Waals surface area contributed by atoms with Crippen LogP contribution in [0.5, 0.6) is 11.5 Å². The number of carbonyl (C=O) groups excluding carboxylic acids is 2. The van der Waals surface area contributed by atoms with Crippen LogP contribution in [0.25, 0.3) is 6.08 Å². The zero-order valence-corrected chi connectivity index (χ0v) is 22.0. The molecule has 1 fully saturated rings. The average molecular weight is 539 g/mol. The van der Waals surface area contributed by atoms with Crippen molar-refractivity contribution in [2.45, 2.75) is 20.5 Å². The Morgan fingerprint density at radius 2 is 1.78 bits per heavy atom. The second kappa shape index (κ2) is 11.6. The molecule has 0 aromatic heterocycles. The number of hydrogen-bond acceptors (Lipinski definition) is 6. The van der Waals surface area contributed by atoms with Gasteiger partial charge in [0.25, 0.3) is 11.8 Å². The van der Waals surface area contributed by atoms with E-state index in [-0.39, 0.29) is 4.32 Å². The van der Waals surface area contributed by atoms with E-state index in [2.05, 4.69) is 5.43 Å². The van der Waals surface area contributed by atoms with Crippen molar-refractivity contribution in [3.8, 4) is 11.5 Å². The molecule has 4 rings (SSSR count). The predicted octanol–water partition coefficient (Wildman–Crippen LogP) is 6.17. The van der Waals surface area contributed by atoms with Crippen molar-refractivity contribution >= 4 is 57.8 Å². The Hall–Kier alpha value is -3.33. The molecule has 0 bridgehead atoms. The van der Waals surface area contributed by atoms with Gasteiger partial charge in [-0.25, -0.2) is 0 Å². The number of aryl methyl sites for hydroxylation is 1. The highest BCUT2D eigenvalue weighted by Gasteiger charge is 2.33. The van der Waals surface area contributed by atoms with Gasteiger partial charge in [0.15, 0.2) is 15.8 Å². The fourth-order valence-corrected chi connectivity index (χ4v) is 4.64. The Balaban J connectivity index is 1.48. The maximum atomic E-state index is 13.0. The number of carbonyl (C=O) groups is 2. The number of hydrazine groups is 1. The number of benzene rings is 3. The standard InChI is InChI=1S/C27H23ClN2O4S2/c1-3-33-23-14-19(8-13-22(23)34-16-18-6-4-17(2)5-7-18)15-24-26(32)30(27(35)36-24)29-25(31)20-9-11-21(28)12-10-20/h4-15H,3,16H2,1-2H3,(H,29,31)/b24-15-. The second-order valence-electron chi connectivity index (χ2n) is 7.88. The van der Waals surface area contributed by atoms with Crippen LogP contribution in [0.2, 0.25) is 5.02 Å². The first-order valence-corrected chi connectivity index (χ1v) is 12.7. The Kier molecular flexibility index (Phi) is 8.30. The van der Waals surface area contributed by atoms with Crippen molar-refractivity contribution in [1.82, 2.24) is 10.4 Å². The number of thiocarbonyl (C=S) groups is 1. The first-order valence-electron chi connectivity index (χ1n) is 11.1. The van der Waals surface area contributed by atoms with Crippen molar-refractivity contribution in [3.05, 3.63) is 98.9 Å². The largest absolute Gasteiger partial charge is 0.490 e. The topological polar surface area (TPSA) is 67.9 Å². The van der Waals surface area contributed by atoms with Gasteiger partial charge in [0.1, 0.15) is 6.61 Å². The summed E-state index contributed by atoms with van der Waals surface area (Å²) in [5, 5.41) is 1.59. The third-order valence-corrected chi connectivity index (χ3v) is 6.75. The molecule has 6 nitrogen and oxygen atoms in total. The molecule has 1 saturated heterocycles. The van der Waals surface area contributed by atoms with Gasteiger partial charge in [-0.15, -0.1) is 0 Å². The highest BCUT2D eigenvalue weighted by Crippen LogP contribution is 2.34. The summed E-state index contributed by atoms with van der Waals surface area (Å²) in [6.45, 7) is 4.80. The lowest BCUT2D eigenvalue weighted by molar-refractivity contribution is -0.123. The van der Waals surface area contributed by atoms with Crippen LogP contribution in [0, 0.1) is 6.92 Å². The van der Waals surface area contributed by atoms with Gasteiger partial charge in [-0.3, -0.25) is 15.0 Å².